The summed E-state index contributed by atoms with van der Waals surface area (Å²) in [6.45, 7) is 2.75. The van der Waals surface area contributed by atoms with Gasteiger partial charge in [0, 0.05) is 12.8 Å². The summed E-state index contributed by atoms with van der Waals surface area (Å²) in [5.41, 5.74) is 5.30. The van der Waals surface area contributed by atoms with E-state index in [1.165, 1.54) is 89.9 Å². The van der Waals surface area contributed by atoms with Crippen LogP contribution in [0.4, 0.5) is 0 Å². The van der Waals surface area contributed by atoms with Gasteiger partial charge < -0.3 is 25.2 Å². The number of hydrogen-bond acceptors (Lipinski definition) is 9. The quantitative estimate of drug-likeness (QED) is 0.0339. The second-order valence-electron chi connectivity index (χ2n) is 12.4. The molecule has 3 atom stereocenters. The number of phosphoric ester groups is 1. The number of carboxylic acids is 1. The number of hydrogen-bond donors (Lipinski definition) is 3. The molecule has 12 heteroatoms. The zero-order valence-electron chi connectivity index (χ0n) is 28.9. The Morgan fingerprint density at radius 2 is 0.957 bits per heavy atom. The Morgan fingerprint density at radius 1 is 0.587 bits per heavy atom. The van der Waals surface area contributed by atoms with E-state index in [1.807, 2.05) is 0 Å². The van der Waals surface area contributed by atoms with Gasteiger partial charge in [-0.05, 0) is 12.8 Å². The second kappa shape index (κ2) is 30.8. The summed E-state index contributed by atoms with van der Waals surface area (Å²) in [7, 11) is -4.69. The number of esters is 2. The molecule has 0 fully saturated rings. The van der Waals surface area contributed by atoms with Gasteiger partial charge >= 0.3 is 25.7 Å². The number of rotatable bonds is 34. The van der Waals surface area contributed by atoms with Crippen LogP contribution in [0.15, 0.2) is 0 Å². The lowest BCUT2D eigenvalue weighted by Gasteiger charge is -2.20. The fourth-order valence-corrected chi connectivity index (χ4v) is 5.72. The van der Waals surface area contributed by atoms with Crippen molar-refractivity contribution in [2.45, 2.75) is 180 Å². The van der Waals surface area contributed by atoms with E-state index in [-0.39, 0.29) is 19.4 Å². The molecule has 4 N–H and O–H groups in total. The third-order valence-corrected chi connectivity index (χ3v) is 8.81. The van der Waals surface area contributed by atoms with Gasteiger partial charge in [-0.25, -0.2) is 4.57 Å². The first-order chi connectivity index (χ1) is 22.1. The summed E-state index contributed by atoms with van der Waals surface area (Å²) in [4.78, 5) is 45.5. The van der Waals surface area contributed by atoms with Gasteiger partial charge in [0.15, 0.2) is 6.10 Å². The molecule has 0 aromatic heterocycles. The number of phosphoric acid groups is 1. The topological polar surface area (TPSA) is 172 Å². The van der Waals surface area contributed by atoms with Gasteiger partial charge in [-0.2, -0.15) is 0 Å². The molecule has 0 rings (SSSR count). The third kappa shape index (κ3) is 29.9. The van der Waals surface area contributed by atoms with E-state index in [1.54, 1.807) is 0 Å². The van der Waals surface area contributed by atoms with Crippen LogP contribution in [0.5, 0.6) is 0 Å². The highest BCUT2D eigenvalue weighted by atomic mass is 31.2. The lowest BCUT2D eigenvalue weighted by molar-refractivity contribution is -0.161. The van der Waals surface area contributed by atoms with Gasteiger partial charge in [0.05, 0.1) is 13.2 Å². The summed E-state index contributed by atoms with van der Waals surface area (Å²) < 4.78 is 32.4. The molecule has 0 amide bonds. The Labute approximate surface area is 278 Å². The number of carbonyl (C=O) groups excluding carboxylic acids is 2. The Morgan fingerprint density at radius 3 is 1.37 bits per heavy atom. The van der Waals surface area contributed by atoms with E-state index in [0.717, 1.165) is 38.5 Å². The summed E-state index contributed by atoms with van der Waals surface area (Å²) >= 11 is 0. The van der Waals surface area contributed by atoms with Crippen LogP contribution < -0.4 is 5.73 Å². The smallest absolute Gasteiger partial charge is 0.472 e. The van der Waals surface area contributed by atoms with E-state index in [9.17, 15) is 23.8 Å². The van der Waals surface area contributed by atoms with Crippen molar-refractivity contribution in [3.05, 3.63) is 0 Å². The molecule has 0 saturated heterocycles. The van der Waals surface area contributed by atoms with Crippen molar-refractivity contribution >= 4 is 25.7 Å². The Hall–Kier alpha value is -1.52. The molecule has 3 unspecified atom stereocenters. The third-order valence-electron chi connectivity index (χ3n) is 7.86. The van der Waals surface area contributed by atoms with Crippen LogP contribution in [-0.2, 0) is 37.5 Å². The number of unbranched alkanes of at least 4 members (excludes halogenated alkanes) is 20. The van der Waals surface area contributed by atoms with Crippen molar-refractivity contribution in [1.29, 1.82) is 0 Å². The minimum atomic E-state index is -4.69. The van der Waals surface area contributed by atoms with Gasteiger partial charge in [-0.3, -0.25) is 23.4 Å². The maximum Gasteiger partial charge on any atom is 0.472 e. The summed E-state index contributed by atoms with van der Waals surface area (Å²) in [5.74, 6) is -2.37. The van der Waals surface area contributed by atoms with E-state index in [0.29, 0.717) is 12.8 Å². The molecule has 0 aliphatic carbocycles. The van der Waals surface area contributed by atoms with Gasteiger partial charge in [0.1, 0.15) is 12.6 Å². The fraction of sp³-hybridized carbons (Fsp3) is 0.912. The minimum absolute atomic E-state index is 0.168. The predicted molar refractivity (Wildman–Crippen MR) is 180 cm³/mol. The van der Waals surface area contributed by atoms with Gasteiger partial charge in [-0.1, -0.05) is 142 Å². The number of nitrogens with two attached hydrogens (primary N) is 1. The molecule has 11 nitrogen and oxygen atoms in total. The maximum atomic E-state index is 12.5. The van der Waals surface area contributed by atoms with Crippen molar-refractivity contribution in [2.75, 3.05) is 19.8 Å². The van der Waals surface area contributed by atoms with Gasteiger partial charge in [-0.15, -0.1) is 0 Å². The molecule has 0 spiro atoms. The normalized spacial score (nSPS) is 14.0. The van der Waals surface area contributed by atoms with Crippen LogP contribution in [0.2, 0.25) is 0 Å². The van der Waals surface area contributed by atoms with Crippen LogP contribution >= 0.6 is 7.82 Å². The molecule has 0 aromatic carbocycles. The standard InChI is InChI=1S/C34H66NO10P/c1-3-5-7-9-11-13-14-15-16-17-18-20-22-24-26-33(37)45-30(28-43-46(40,41)44-29-31(35)34(38)39)27-42-32(36)25-23-21-19-12-10-8-6-4-2/h30-31H,3-29,35H2,1-2H3,(H,38,39)(H,40,41). The monoisotopic (exact) mass is 679 g/mol. The molecular weight excluding hydrogens is 613 g/mol. The van der Waals surface area contributed by atoms with Crippen molar-refractivity contribution in [3.63, 3.8) is 0 Å². The lowest BCUT2D eigenvalue weighted by Crippen LogP contribution is -2.34. The fourth-order valence-electron chi connectivity index (χ4n) is 4.95. The average Bonchev–Trinajstić information content (AvgIpc) is 3.02. The van der Waals surface area contributed by atoms with Crippen molar-refractivity contribution in [1.82, 2.24) is 0 Å². The van der Waals surface area contributed by atoms with E-state index >= 15 is 0 Å². The van der Waals surface area contributed by atoms with E-state index in [2.05, 4.69) is 18.4 Å². The second-order valence-corrected chi connectivity index (χ2v) is 13.8. The molecule has 0 radical (unpaired) electrons. The first-order valence-electron chi connectivity index (χ1n) is 18.1. The van der Waals surface area contributed by atoms with Crippen LogP contribution in [0.3, 0.4) is 0 Å². The Balaban J connectivity index is 4.42. The molecule has 0 aliphatic heterocycles. The first kappa shape index (κ1) is 44.5. The van der Waals surface area contributed by atoms with Crippen molar-refractivity contribution in [3.8, 4) is 0 Å². The molecule has 272 valence electrons. The highest BCUT2D eigenvalue weighted by molar-refractivity contribution is 7.47. The average molecular weight is 680 g/mol. The minimum Gasteiger partial charge on any atom is -0.480 e. The lowest BCUT2D eigenvalue weighted by atomic mass is 10.0. The number of carboxylic acid groups (broad SMARTS) is 1. The predicted octanol–water partition coefficient (Wildman–Crippen LogP) is 8.39. The Kier molecular flexibility index (Phi) is 29.8. The first-order valence-corrected chi connectivity index (χ1v) is 19.6. The molecular formula is C34H66NO10P. The number of aliphatic carboxylic acids is 1. The molecule has 0 aromatic rings. The molecule has 0 aliphatic rings. The van der Waals surface area contributed by atoms with E-state index < -0.39 is 51.1 Å². The highest BCUT2D eigenvalue weighted by Crippen LogP contribution is 2.43. The summed E-state index contributed by atoms with van der Waals surface area (Å²) in [6, 6.07) is -1.51. The van der Waals surface area contributed by atoms with Gasteiger partial charge in [0.25, 0.3) is 0 Å². The molecule has 0 saturated carbocycles. The molecule has 0 bridgehead atoms. The van der Waals surface area contributed by atoms with Crippen LogP contribution in [0.1, 0.15) is 168 Å². The maximum absolute atomic E-state index is 12.5. The van der Waals surface area contributed by atoms with Crippen LogP contribution in [-0.4, -0.2) is 59.9 Å². The van der Waals surface area contributed by atoms with Crippen LogP contribution in [0.25, 0.3) is 0 Å². The van der Waals surface area contributed by atoms with Gasteiger partial charge in [0.2, 0.25) is 0 Å². The van der Waals surface area contributed by atoms with Crippen molar-refractivity contribution < 1.29 is 47.5 Å². The molecule has 0 heterocycles. The number of ether oxygens (including phenoxy) is 2. The van der Waals surface area contributed by atoms with Crippen molar-refractivity contribution in [2.24, 2.45) is 5.73 Å². The molecule has 46 heavy (non-hydrogen) atoms. The van der Waals surface area contributed by atoms with Crippen LogP contribution in [0, 0.1) is 0 Å². The summed E-state index contributed by atoms with van der Waals surface area (Å²) in [6.07, 6.45) is 24.7. The zero-order chi connectivity index (χ0) is 34.3. The zero-order valence-corrected chi connectivity index (χ0v) is 29.8. The largest absolute Gasteiger partial charge is 0.480 e. The SMILES string of the molecule is CCCCCCCCCCCCCCCCC(=O)OC(COC(=O)CCCCCCCCCC)COP(=O)(O)OCC(N)C(=O)O. The van der Waals surface area contributed by atoms with E-state index in [4.69, 9.17) is 24.8 Å². The number of carbonyl (C=O) groups is 3. The Bertz CT molecular complexity index is 813. The highest BCUT2D eigenvalue weighted by Gasteiger charge is 2.28. The summed E-state index contributed by atoms with van der Waals surface area (Å²) in [5, 5.41) is 8.83.